The van der Waals surface area contributed by atoms with Crippen molar-refractivity contribution in [3.63, 3.8) is 0 Å². The molecule has 0 bridgehead atoms. The maximum atomic E-state index is 12.0. The van der Waals surface area contributed by atoms with Gasteiger partial charge in [0.1, 0.15) is 5.82 Å². The molecule has 2 N–H and O–H groups in total. The molecule has 1 aromatic rings. The van der Waals surface area contributed by atoms with Crippen LogP contribution in [0, 0.1) is 0 Å². The van der Waals surface area contributed by atoms with E-state index in [-0.39, 0.29) is 11.7 Å². The number of sulfonamides is 1. The first-order valence-electron chi connectivity index (χ1n) is 8.39. The third-order valence-corrected chi connectivity index (χ3v) is 5.59. The Labute approximate surface area is 143 Å². The Bertz CT molecular complexity index is 640. The van der Waals surface area contributed by atoms with E-state index in [1.807, 2.05) is 12.1 Å². The summed E-state index contributed by atoms with van der Waals surface area (Å²) in [5.74, 6) is 0.633. The highest BCUT2D eigenvalue weighted by Crippen LogP contribution is 2.17. The van der Waals surface area contributed by atoms with Crippen molar-refractivity contribution in [1.82, 2.24) is 15.0 Å². The third-order valence-electron chi connectivity index (χ3n) is 3.93. The molecule has 1 aliphatic heterocycles. The molecule has 1 fully saturated rings. The third kappa shape index (κ3) is 5.45. The summed E-state index contributed by atoms with van der Waals surface area (Å²) in [5, 5.41) is 2.73. The van der Waals surface area contributed by atoms with E-state index in [0.717, 1.165) is 24.5 Å². The normalized spacial score (nSPS) is 16.2. The molecule has 0 aromatic carbocycles. The van der Waals surface area contributed by atoms with Gasteiger partial charge in [-0.1, -0.05) is 13.0 Å². The average molecular weight is 354 g/mol. The van der Waals surface area contributed by atoms with Gasteiger partial charge in [0.15, 0.2) is 0 Å². The highest BCUT2D eigenvalue weighted by atomic mass is 32.2. The molecule has 2 heterocycles. The number of carbonyl (C=O) groups is 1. The van der Waals surface area contributed by atoms with Crippen LogP contribution in [-0.4, -0.2) is 44.2 Å². The maximum absolute atomic E-state index is 12.0. The van der Waals surface area contributed by atoms with E-state index in [9.17, 15) is 13.2 Å². The standard InChI is InChI=1S/C16H26N4O3S/c1-3-10-24(22,23)19-13(2)16(21)18-12-14-6-7-15(17-11-14)20-8-4-5-9-20/h6-7,11,13,19H,3-5,8-10,12H2,1-2H3,(H,18,21)/t13-/m0/s1. The molecule has 8 heteroatoms. The predicted octanol–water partition coefficient (Wildman–Crippen LogP) is 1.02. The van der Waals surface area contributed by atoms with E-state index in [4.69, 9.17) is 0 Å². The number of rotatable bonds is 8. The fraction of sp³-hybridized carbons (Fsp3) is 0.625. The molecule has 0 unspecified atom stereocenters. The van der Waals surface area contributed by atoms with Gasteiger partial charge < -0.3 is 10.2 Å². The zero-order chi connectivity index (χ0) is 17.6. The first kappa shape index (κ1) is 18.7. The lowest BCUT2D eigenvalue weighted by molar-refractivity contribution is -0.122. The summed E-state index contributed by atoms with van der Waals surface area (Å²) in [7, 11) is -3.40. The van der Waals surface area contributed by atoms with Gasteiger partial charge in [-0.3, -0.25) is 4.79 Å². The highest BCUT2D eigenvalue weighted by molar-refractivity contribution is 7.89. The summed E-state index contributed by atoms with van der Waals surface area (Å²) in [6.45, 7) is 5.73. The lowest BCUT2D eigenvalue weighted by Gasteiger charge is -2.17. The quantitative estimate of drug-likeness (QED) is 0.727. The van der Waals surface area contributed by atoms with Gasteiger partial charge in [0.2, 0.25) is 15.9 Å². The van der Waals surface area contributed by atoms with Gasteiger partial charge in [-0.25, -0.2) is 18.1 Å². The second-order valence-corrected chi connectivity index (χ2v) is 7.97. The summed E-state index contributed by atoms with van der Waals surface area (Å²) in [6.07, 6.45) is 4.66. The van der Waals surface area contributed by atoms with E-state index < -0.39 is 16.1 Å². The summed E-state index contributed by atoms with van der Waals surface area (Å²) in [4.78, 5) is 18.7. The molecule has 0 radical (unpaired) electrons. The SMILES string of the molecule is CCCS(=O)(=O)N[C@@H](C)C(=O)NCc1ccc(N2CCCC2)nc1. The summed E-state index contributed by atoms with van der Waals surface area (Å²) >= 11 is 0. The molecular weight excluding hydrogens is 328 g/mol. The van der Waals surface area contributed by atoms with Crippen molar-refractivity contribution in [3.8, 4) is 0 Å². The monoisotopic (exact) mass is 354 g/mol. The first-order valence-corrected chi connectivity index (χ1v) is 10.0. The second kappa shape index (κ2) is 8.43. The van der Waals surface area contributed by atoms with E-state index >= 15 is 0 Å². The number of hydrogen-bond acceptors (Lipinski definition) is 5. The Kier molecular flexibility index (Phi) is 6.56. The van der Waals surface area contributed by atoms with Gasteiger partial charge in [-0.2, -0.15) is 0 Å². The molecule has 24 heavy (non-hydrogen) atoms. The van der Waals surface area contributed by atoms with Crippen molar-refractivity contribution in [1.29, 1.82) is 0 Å². The van der Waals surface area contributed by atoms with Gasteiger partial charge in [-0.05, 0) is 37.8 Å². The smallest absolute Gasteiger partial charge is 0.238 e. The van der Waals surface area contributed by atoms with Crippen molar-refractivity contribution < 1.29 is 13.2 Å². The Morgan fingerprint density at radius 1 is 1.33 bits per heavy atom. The van der Waals surface area contributed by atoms with E-state index in [1.54, 1.807) is 13.1 Å². The number of nitrogens with zero attached hydrogens (tertiary/aromatic N) is 2. The summed E-state index contributed by atoms with van der Waals surface area (Å²) in [5.41, 5.74) is 0.884. The number of anilines is 1. The van der Waals surface area contributed by atoms with E-state index in [2.05, 4.69) is 19.9 Å². The molecule has 0 aliphatic carbocycles. The Morgan fingerprint density at radius 3 is 2.62 bits per heavy atom. The van der Waals surface area contributed by atoms with Crippen LogP contribution in [-0.2, 0) is 21.4 Å². The number of aromatic nitrogens is 1. The van der Waals surface area contributed by atoms with Crippen LogP contribution >= 0.6 is 0 Å². The topological polar surface area (TPSA) is 91.4 Å². The van der Waals surface area contributed by atoms with E-state index in [1.165, 1.54) is 19.8 Å². The zero-order valence-electron chi connectivity index (χ0n) is 14.3. The van der Waals surface area contributed by atoms with Crippen LogP contribution in [0.5, 0.6) is 0 Å². The molecule has 0 spiro atoms. The van der Waals surface area contributed by atoms with Crippen LogP contribution in [0.3, 0.4) is 0 Å². The molecule has 2 rings (SSSR count). The van der Waals surface area contributed by atoms with Crippen molar-refractivity contribution >= 4 is 21.7 Å². The molecule has 1 aliphatic rings. The summed E-state index contributed by atoms with van der Waals surface area (Å²) in [6, 6.07) is 3.10. The second-order valence-electron chi connectivity index (χ2n) is 6.10. The number of nitrogens with one attached hydrogen (secondary N) is 2. The van der Waals surface area contributed by atoms with Gasteiger partial charge in [-0.15, -0.1) is 0 Å². The zero-order valence-corrected chi connectivity index (χ0v) is 15.1. The molecule has 1 atom stereocenters. The van der Waals surface area contributed by atoms with Gasteiger partial charge in [0, 0.05) is 25.8 Å². The molecule has 0 saturated carbocycles. The number of pyridine rings is 1. The van der Waals surface area contributed by atoms with Crippen LogP contribution in [0.15, 0.2) is 18.3 Å². The molecule has 134 valence electrons. The minimum Gasteiger partial charge on any atom is -0.357 e. The van der Waals surface area contributed by atoms with Crippen molar-refractivity contribution in [2.75, 3.05) is 23.7 Å². The van der Waals surface area contributed by atoms with Crippen LogP contribution in [0.4, 0.5) is 5.82 Å². The summed E-state index contributed by atoms with van der Waals surface area (Å²) < 4.78 is 25.7. The largest absolute Gasteiger partial charge is 0.357 e. The Hall–Kier alpha value is -1.67. The van der Waals surface area contributed by atoms with Gasteiger partial charge in [0.25, 0.3) is 0 Å². The molecule has 1 saturated heterocycles. The minimum atomic E-state index is -3.40. The number of hydrogen-bond donors (Lipinski definition) is 2. The van der Waals surface area contributed by atoms with Crippen molar-refractivity contribution in [2.45, 2.75) is 45.7 Å². The Morgan fingerprint density at radius 2 is 2.04 bits per heavy atom. The number of carbonyl (C=O) groups excluding carboxylic acids is 1. The Balaban J connectivity index is 1.82. The van der Waals surface area contributed by atoms with Gasteiger partial charge in [0.05, 0.1) is 11.8 Å². The van der Waals surface area contributed by atoms with Gasteiger partial charge >= 0.3 is 0 Å². The fourth-order valence-electron chi connectivity index (χ4n) is 2.65. The molecule has 1 aromatic heterocycles. The van der Waals surface area contributed by atoms with Crippen LogP contribution in [0.2, 0.25) is 0 Å². The fourth-order valence-corrected chi connectivity index (χ4v) is 3.95. The molecule has 7 nitrogen and oxygen atoms in total. The van der Waals surface area contributed by atoms with Crippen LogP contribution in [0.1, 0.15) is 38.7 Å². The first-order chi connectivity index (χ1) is 11.4. The number of amides is 1. The molecular formula is C16H26N4O3S. The van der Waals surface area contributed by atoms with Crippen LogP contribution < -0.4 is 14.9 Å². The predicted molar refractivity (Wildman–Crippen MR) is 94.2 cm³/mol. The molecule has 1 amide bonds. The highest BCUT2D eigenvalue weighted by Gasteiger charge is 2.19. The van der Waals surface area contributed by atoms with Crippen LogP contribution in [0.25, 0.3) is 0 Å². The van der Waals surface area contributed by atoms with E-state index in [0.29, 0.717) is 13.0 Å². The maximum Gasteiger partial charge on any atom is 0.238 e. The van der Waals surface area contributed by atoms with Crippen molar-refractivity contribution in [3.05, 3.63) is 23.9 Å². The lowest BCUT2D eigenvalue weighted by atomic mass is 10.2. The van der Waals surface area contributed by atoms with Crippen molar-refractivity contribution in [2.24, 2.45) is 0 Å². The lowest BCUT2D eigenvalue weighted by Crippen LogP contribution is -2.45. The minimum absolute atomic E-state index is 0.0203. The average Bonchev–Trinajstić information content (AvgIpc) is 3.07.